The second-order valence-electron chi connectivity index (χ2n) is 5.31. The van der Waals surface area contributed by atoms with Gasteiger partial charge in [-0.1, -0.05) is 11.6 Å². The van der Waals surface area contributed by atoms with Gasteiger partial charge in [0.05, 0.1) is 16.4 Å². The van der Waals surface area contributed by atoms with E-state index in [-0.39, 0.29) is 18.3 Å². The molecule has 0 spiro atoms. The Morgan fingerprint density at radius 1 is 1.27 bits per heavy atom. The lowest BCUT2D eigenvalue weighted by atomic mass is 10.4. The molecule has 1 fully saturated rings. The molecule has 1 amide bonds. The van der Waals surface area contributed by atoms with E-state index in [0.29, 0.717) is 10.0 Å². The highest BCUT2D eigenvalue weighted by atomic mass is 35.5. The molecule has 1 aromatic carbocycles. The summed E-state index contributed by atoms with van der Waals surface area (Å²) < 4.78 is 19.8. The molecule has 2 aromatic rings. The molecule has 3 rings (SSSR count). The van der Waals surface area contributed by atoms with Gasteiger partial charge in [0, 0.05) is 29.5 Å². The van der Waals surface area contributed by atoms with Crippen LogP contribution in [-0.4, -0.2) is 41.4 Å². The molecule has 1 aliphatic rings. The molecular weight excluding hydrogens is 433 g/mol. The molecule has 0 radical (unpaired) electrons. The Bertz CT molecular complexity index is 738. The molecule has 2 heterocycles. The van der Waals surface area contributed by atoms with Gasteiger partial charge in [-0.3, -0.25) is 9.52 Å². The average molecular weight is 450 g/mol. The second kappa shape index (κ2) is 10.2. The standard InChI is InChI=1S/C16H17ClFN3OS4/c17-16-13(9-15(24-16)26-21-5-7-23-8-6-21)20-14(22)10-19-25-12-3-1-11(18)2-4-12/h1-4,9,19H,5-8,10H2,(H,20,22). The van der Waals surface area contributed by atoms with Gasteiger partial charge in [-0.25, -0.2) is 8.70 Å². The van der Waals surface area contributed by atoms with Crippen molar-refractivity contribution in [1.29, 1.82) is 0 Å². The maximum atomic E-state index is 12.9. The van der Waals surface area contributed by atoms with Crippen molar-refractivity contribution in [2.24, 2.45) is 0 Å². The average Bonchev–Trinajstić information content (AvgIpc) is 2.96. The molecule has 0 unspecified atom stereocenters. The molecule has 0 bridgehead atoms. The lowest BCUT2D eigenvalue weighted by Crippen LogP contribution is -2.26. The molecule has 0 aliphatic carbocycles. The molecule has 140 valence electrons. The summed E-state index contributed by atoms with van der Waals surface area (Å²) in [6.45, 7) is 2.23. The lowest BCUT2D eigenvalue weighted by molar-refractivity contribution is -0.115. The van der Waals surface area contributed by atoms with Crippen LogP contribution in [0.1, 0.15) is 0 Å². The van der Waals surface area contributed by atoms with E-state index in [1.54, 1.807) is 24.1 Å². The number of nitrogens with one attached hydrogen (secondary N) is 2. The zero-order valence-corrected chi connectivity index (χ0v) is 17.7. The smallest absolute Gasteiger partial charge is 0.239 e. The minimum Gasteiger partial charge on any atom is -0.323 e. The summed E-state index contributed by atoms with van der Waals surface area (Å²) in [7, 11) is 0. The maximum absolute atomic E-state index is 12.9. The SMILES string of the molecule is O=C(CNSc1ccc(F)cc1)Nc1cc(SN2CCSCC2)sc1Cl. The van der Waals surface area contributed by atoms with Crippen molar-refractivity contribution >= 4 is 70.2 Å². The largest absolute Gasteiger partial charge is 0.323 e. The van der Waals surface area contributed by atoms with Crippen LogP contribution in [0.15, 0.2) is 39.4 Å². The first-order chi connectivity index (χ1) is 12.6. The van der Waals surface area contributed by atoms with Gasteiger partial charge in [-0.05, 0) is 54.2 Å². The van der Waals surface area contributed by atoms with Crippen LogP contribution in [0.25, 0.3) is 0 Å². The van der Waals surface area contributed by atoms with Crippen LogP contribution in [0.3, 0.4) is 0 Å². The Morgan fingerprint density at radius 2 is 2.00 bits per heavy atom. The van der Waals surface area contributed by atoms with E-state index in [9.17, 15) is 9.18 Å². The second-order valence-corrected chi connectivity index (χ2v) is 10.6. The summed E-state index contributed by atoms with van der Waals surface area (Å²) in [6.07, 6.45) is 0. The third kappa shape index (κ3) is 6.33. The lowest BCUT2D eigenvalue weighted by Gasteiger charge is -2.23. The van der Waals surface area contributed by atoms with E-state index in [4.69, 9.17) is 11.6 Å². The van der Waals surface area contributed by atoms with E-state index in [1.165, 1.54) is 35.4 Å². The Kier molecular flexibility index (Phi) is 7.98. The fourth-order valence-corrected chi connectivity index (χ4v) is 6.47. The summed E-state index contributed by atoms with van der Waals surface area (Å²) in [5.41, 5.74) is 0.643. The van der Waals surface area contributed by atoms with E-state index in [1.807, 2.05) is 17.8 Å². The highest BCUT2D eigenvalue weighted by molar-refractivity contribution is 8.00. The zero-order chi connectivity index (χ0) is 18.4. The van der Waals surface area contributed by atoms with Crippen molar-refractivity contribution in [2.75, 3.05) is 36.5 Å². The van der Waals surface area contributed by atoms with Gasteiger partial charge in [0.1, 0.15) is 10.2 Å². The molecule has 1 aromatic heterocycles. The summed E-state index contributed by atoms with van der Waals surface area (Å²) in [4.78, 5) is 12.9. The zero-order valence-electron chi connectivity index (χ0n) is 13.7. The first-order valence-corrected chi connectivity index (χ1v) is 11.8. The number of amides is 1. The number of carbonyl (C=O) groups is 1. The van der Waals surface area contributed by atoms with Crippen LogP contribution in [0.2, 0.25) is 4.34 Å². The molecule has 4 nitrogen and oxygen atoms in total. The van der Waals surface area contributed by atoms with Crippen LogP contribution in [-0.2, 0) is 4.79 Å². The van der Waals surface area contributed by atoms with Crippen molar-refractivity contribution in [3.63, 3.8) is 0 Å². The quantitative estimate of drug-likeness (QED) is 0.590. The highest BCUT2D eigenvalue weighted by Crippen LogP contribution is 2.39. The molecular formula is C16H17ClFN3OS4. The molecule has 0 atom stereocenters. The fourth-order valence-electron chi connectivity index (χ4n) is 2.12. The van der Waals surface area contributed by atoms with Crippen LogP contribution in [0, 0.1) is 5.82 Å². The monoisotopic (exact) mass is 449 g/mol. The molecule has 1 saturated heterocycles. The maximum Gasteiger partial charge on any atom is 0.239 e. The van der Waals surface area contributed by atoms with Crippen LogP contribution in [0.4, 0.5) is 10.1 Å². The van der Waals surface area contributed by atoms with Crippen molar-refractivity contribution < 1.29 is 9.18 Å². The molecule has 0 saturated carbocycles. The number of hydrogen-bond donors (Lipinski definition) is 2. The molecule has 2 N–H and O–H groups in total. The number of thiophene rings is 1. The van der Waals surface area contributed by atoms with Gasteiger partial charge in [-0.15, -0.1) is 11.3 Å². The number of anilines is 1. The van der Waals surface area contributed by atoms with Crippen molar-refractivity contribution in [1.82, 2.24) is 9.03 Å². The normalized spacial score (nSPS) is 15.2. The number of hydrogen-bond acceptors (Lipinski definition) is 7. The van der Waals surface area contributed by atoms with Gasteiger partial charge in [-0.2, -0.15) is 11.8 Å². The predicted octanol–water partition coefficient (Wildman–Crippen LogP) is 4.83. The van der Waals surface area contributed by atoms with Crippen molar-refractivity contribution in [2.45, 2.75) is 9.10 Å². The minimum atomic E-state index is -0.281. The first kappa shape index (κ1) is 20.3. The molecule has 1 aliphatic heterocycles. The Labute approximate surface area is 173 Å². The number of thioether (sulfide) groups is 1. The van der Waals surface area contributed by atoms with Gasteiger partial charge >= 0.3 is 0 Å². The van der Waals surface area contributed by atoms with Crippen LogP contribution < -0.4 is 10.0 Å². The third-order valence-electron chi connectivity index (χ3n) is 3.36. The Morgan fingerprint density at radius 3 is 2.73 bits per heavy atom. The van der Waals surface area contributed by atoms with Crippen LogP contribution >= 0.6 is 58.6 Å². The summed E-state index contributed by atoms with van der Waals surface area (Å²) in [5, 5.41) is 2.83. The number of nitrogens with zero attached hydrogens (tertiary/aromatic N) is 1. The van der Waals surface area contributed by atoms with E-state index in [0.717, 1.165) is 33.7 Å². The van der Waals surface area contributed by atoms with E-state index >= 15 is 0 Å². The van der Waals surface area contributed by atoms with Gasteiger partial charge in [0.25, 0.3) is 0 Å². The van der Waals surface area contributed by atoms with Gasteiger partial charge in [0.2, 0.25) is 5.91 Å². The fraction of sp³-hybridized carbons (Fsp3) is 0.312. The van der Waals surface area contributed by atoms with Gasteiger partial charge in [0.15, 0.2) is 0 Å². The third-order valence-corrected chi connectivity index (χ3v) is 7.65. The predicted molar refractivity (Wildman–Crippen MR) is 113 cm³/mol. The summed E-state index contributed by atoms with van der Waals surface area (Å²) in [5.74, 6) is 1.83. The summed E-state index contributed by atoms with van der Waals surface area (Å²) in [6, 6.07) is 8.00. The Balaban J connectivity index is 1.45. The topological polar surface area (TPSA) is 44.4 Å². The summed E-state index contributed by atoms with van der Waals surface area (Å²) >= 11 is 12.7. The first-order valence-electron chi connectivity index (χ1n) is 7.85. The number of halogens is 2. The number of rotatable bonds is 7. The van der Waals surface area contributed by atoms with E-state index < -0.39 is 0 Å². The van der Waals surface area contributed by atoms with Gasteiger partial charge < -0.3 is 5.32 Å². The Hall–Kier alpha value is -0.420. The van der Waals surface area contributed by atoms with Crippen molar-refractivity contribution in [3.05, 3.63) is 40.5 Å². The number of carbonyl (C=O) groups excluding carboxylic acids is 1. The highest BCUT2D eigenvalue weighted by Gasteiger charge is 2.16. The minimum absolute atomic E-state index is 0.125. The number of benzene rings is 1. The molecule has 10 heteroatoms. The van der Waals surface area contributed by atoms with Crippen LogP contribution in [0.5, 0.6) is 0 Å². The van der Waals surface area contributed by atoms with Crippen molar-refractivity contribution in [3.8, 4) is 0 Å². The molecule has 26 heavy (non-hydrogen) atoms. The van der Waals surface area contributed by atoms with E-state index in [2.05, 4.69) is 14.3 Å².